The van der Waals surface area contributed by atoms with Crippen LogP contribution in [0.25, 0.3) is 0 Å². The molecule has 0 aromatic heterocycles. The second-order valence-electron chi connectivity index (χ2n) is 2.66. The summed E-state index contributed by atoms with van der Waals surface area (Å²) in [5.41, 5.74) is 0. The van der Waals surface area contributed by atoms with Gasteiger partial charge in [0.1, 0.15) is 0 Å². The van der Waals surface area contributed by atoms with Crippen molar-refractivity contribution in [2.75, 3.05) is 13.1 Å². The van der Waals surface area contributed by atoms with E-state index < -0.39 is 0 Å². The van der Waals surface area contributed by atoms with Crippen LogP contribution in [0.4, 0.5) is 0 Å². The van der Waals surface area contributed by atoms with Crippen molar-refractivity contribution in [2.45, 2.75) is 33.2 Å². The lowest BCUT2D eigenvalue weighted by Crippen LogP contribution is -2.38. The molecule has 0 radical (unpaired) electrons. The Morgan fingerprint density at radius 3 is 2.55 bits per heavy atom. The van der Waals surface area contributed by atoms with Gasteiger partial charge >= 0.3 is 0 Å². The number of carbonyl (C=O) groups excluding carboxylic acids is 1. The van der Waals surface area contributed by atoms with Crippen LogP contribution in [0.5, 0.6) is 0 Å². The van der Waals surface area contributed by atoms with Gasteiger partial charge < -0.3 is 10.6 Å². The third kappa shape index (κ3) is 5.85. The Hall–Kier alpha value is -0.570. The van der Waals surface area contributed by atoms with Gasteiger partial charge in [-0.2, -0.15) is 0 Å². The SMILES string of the molecule is CCNCC(=O)NC(C)CC. The van der Waals surface area contributed by atoms with Crippen molar-refractivity contribution in [1.29, 1.82) is 0 Å². The summed E-state index contributed by atoms with van der Waals surface area (Å²) in [7, 11) is 0. The molecule has 11 heavy (non-hydrogen) atoms. The predicted octanol–water partition coefficient (Wildman–Crippen LogP) is 0.511. The van der Waals surface area contributed by atoms with E-state index in [9.17, 15) is 4.79 Å². The van der Waals surface area contributed by atoms with Crippen LogP contribution >= 0.6 is 0 Å². The highest BCUT2D eigenvalue weighted by atomic mass is 16.1. The van der Waals surface area contributed by atoms with Crippen molar-refractivity contribution in [3.8, 4) is 0 Å². The number of carbonyl (C=O) groups is 1. The molecule has 0 aromatic carbocycles. The van der Waals surface area contributed by atoms with Crippen LogP contribution in [-0.4, -0.2) is 25.0 Å². The first kappa shape index (κ1) is 10.4. The van der Waals surface area contributed by atoms with E-state index in [1.807, 2.05) is 13.8 Å². The number of nitrogens with one attached hydrogen (secondary N) is 2. The third-order valence-corrected chi connectivity index (χ3v) is 1.56. The maximum absolute atomic E-state index is 11.0. The largest absolute Gasteiger partial charge is 0.353 e. The molecule has 0 saturated heterocycles. The lowest BCUT2D eigenvalue weighted by molar-refractivity contribution is -0.120. The monoisotopic (exact) mass is 158 g/mol. The number of hydrogen-bond acceptors (Lipinski definition) is 2. The Kier molecular flexibility index (Phi) is 5.84. The quantitative estimate of drug-likeness (QED) is 0.612. The van der Waals surface area contributed by atoms with E-state index >= 15 is 0 Å². The van der Waals surface area contributed by atoms with Gasteiger partial charge in [-0.15, -0.1) is 0 Å². The topological polar surface area (TPSA) is 41.1 Å². The summed E-state index contributed by atoms with van der Waals surface area (Å²) in [4.78, 5) is 11.0. The number of rotatable bonds is 5. The Morgan fingerprint density at radius 1 is 1.45 bits per heavy atom. The van der Waals surface area contributed by atoms with E-state index in [-0.39, 0.29) is 5.91 Å². The van der Waals surface area contributed by atoms with Crippen molar-refractivity contribution >= 4 is 5.91 Å². The highest BCUT2D eigenvalue weighted by Crippen LogP contribution is 1.85. The average molecular weight is 158 g/mol. The van der Waals surface area contributed by atoms with Gasteiger partial charge in [0.05, 0.1) is 6.54 Å². The van der Waals surface area contributed by atoms with Crippen LogP contribution in [-0.2, 0) is 4.79 Å². The fraction of sp³-hybridized carbons (Fsp3) is 0.875. The van der Waals surface area contributed by atoms with E-state index in [1.165, 1.54) is 0 Å². The lowest BCUT2D eigenvalue weighted by atomic mass is 10.2. The lowest BCUT2D eigenvalue weighted by Gasteiger charge is -2.10. The van der Waals surface area contributed by atoms with E-state index in [2.05, 4.69) is 17.6 Å². The highest BCUT2D eigenvalue weighted by Gasteiger charge is 2.02. The molecule has 0 bridgehead atoms. The molecule has 0 rings (SSSR count). The minimum atomic E-state index is 0.0844. The zero-order valence-corrected chi connectivity index (χ0v) is 7.61. The summed E-state index contributed by atoms with van der Waals surface area (Å²) < 4.78 is 0. The minimum absolute atomic E-state index is 0.0844. The van der Waals surface area contributed by atoms with Crippen LogP contribution in [0.15, 0.2) is 0 Å². The second-order valence-corrected chi connectivity index (χ2v) is 2.66. The zero-order chi connectivity index (χ0) is 8.69. The maximum atomic E-state index is 11.0. The third-order valence-electron chi connectivity index (χ3n) is 1.56. The predicted molar refractivity (Wildman–Crippen MR) is 46.4 cm³/mol. The average Bonchev–Trinajstić information content (AvgIpc) is 2.00. The molecule has 0 spiro atoms. The fourth-order valence-electron chi connectivity index (χ4n) is 0.666. The molecule has 1 unspecified atom stereocenters. The van der Waals surface area contributed by atoms with Gasteiger partial charge in [-0.1, -0.05) is 13.8 Å². The molecule has 0 aromatic rings. The molecule has 0 aliphatic rings. The van der Waals surface area contributed by atoms with Gasteiger partial charge in [-0.05, 0) is 19.9 Å². The van der Waals surface area contributed by atoms with Crippen molar-refractivity contribution in [2.24, 2.45) is 0 Å². The van der Waals surface area contributed by atoms with Gasteiger partial charge in [-0.3, -0.25) is 4.79 Å². The second kappa shape index (κ2) is 6.16. The summed E-state index contributed by atoms with van der Waals surface area (Å²) in [6.07, 6.45) is 0.984. The van der Waals surface area contributed by atoms with Crippen molar-refractivity contribution in [3.63, 3.8) is 0 Å². The molecule has 1 atom stereocenters. The van der Waals surface area contributed by atoms with Crippen LogP contribution in [0.1, 0.15) is 27.2 Å². The summed E-state index contributed by atoms with van der Waals surface area (Å²) in [6, 6.07) is 0.293. The molecule has 0 heterocycles. The van der Waals surface area contributed by atoms with E-state index in [4.69, 9.17) is 0 Å². The van der Waals surface area contributed by atoms with Crippen LogP contribution in [0.3, 0.4) is 0 Å². The summed E-state index contributed by atoms with van der Waals surface area (Å²) in [6.45, 7) is 7.31. The van der Waals surface area contributed by atoms with Crippen LogP contribution < -0.4 is 10.6 Å². The zero-order valence-electron chi connectivity index (χ0n) is 7.61. The Balaban J connectivity index is 3.36. The van der Waals surface area contributed by atoms with Gasteiger partial charge in [0.15, 0.2) is 0 Å². The van der Waals surface area contributed by atoms with Gasteiger partial charge in [0, 0.05) is 6.04 Å². The van der Waals surface area contributed by atoms with Crippen molar-refractivity contribution in [3.05, 3.63) is 0 Å². The Labute approximate surface area is 68.6 Å². The molecule has 0 aliphatic carbocycles. The van der Waals surface area contributed by atoms with Gasteiger partial charge in [0.2, 0.25) is 5.91 Å². The summed E-state index contributed by atoms with van der Waals surface area (Å²) >= 11 is 0. The minimum Gasteiger partial charge on any atom is -0.353 e. The molecular formula is C8H18N2O. The number of amides is 1. The summed E-state index contributed by atoms with van der Waals surface area (Å²) in [5, 5.41) is 5.83. The summed E-state index contributed by atoms with van der Waals surface area (Å²) in [5.74, 6) is 0.0844. The van der Waals surface area contributed by atoms with Crippen LogP contribution in [0.2, 0.25) is 0 Å². The first-order chi connectivity index (χ1) is 5.20. The number of likely N-dealkylation sites (N-methyl/N-ethyl adjacent to an activating group) is 1. The van der Waals surface area contributed by atoms with Crippen molar-refractivity contribution in [1.82, 2.24) is 10.6 Å². The van der Waals surface area contributed by atoms with Gasteiger partial charge in [0.25, 0.3) is 0 Å². The smallest absolute Gasteiger partial charge is 0.234 e. The van der Waals surface area contributed by atoms with Crippen molar-refractivity contribution < 1.29 is 4.79 Å². The number of hydrogen-bond donors (Lipinski definition) is 2. The Bertz CT molecular complexity index is 115. The molecule has 3 heteroatoms. The Morgan fingerprint density at radius 2 is 2.09 bits per heavy atom. The molecule has 2 N–H and O–H groups in total. The first-order valence-electron chi connectivity index (χ1n) is 4.20. The maximum Gasteiger partial charge on any atom is 0.234 e. The van der Waals surface area contributed by atoms with E-state index in [0.717, 1.165) is 13.0 Å². The highest BCUT2D eigenvalue weighted by molar-refractivity contribution is 5.78. The van der Waals surface area contributed by atoms with E-state index in [1.54, 1.807) is 0 Å². The normalized spacial score (nSPS) is 12.6. The molecule has 0 saturated carbocycles. The van der Waals surface area contributed by atoms with E-state index in [0.29, 0.717) is 12.6 Å². The molecule has 1 amide bonds. The molecule has 0 aliphatic heterocycles. The molecule has 3 nitrogen and oxygen atoms in total. The first-order valence-corrected chi connectivity index (χ1v) is 4.20. The van der Waals surface area contributed by atoms with Crippen LogP contribution in [0, 0.1) is 0 Å². The molecule has 66 valence electrons. The molecular weight excluding hydrogens is 140 g/mol. The molecule has 0 fully saturated rings. The standard InChI is InChI=1S/C8H18N2O/c1-4-7(3)10-8(11)6-9-5-2/h7,9H,4-6H2,1-3H3,(H,10,11). The fourth-order valence-corrected chi connectivity index (χ4v) is 0.666. The van der Waals surface area contributed by atoms with Gasteiger partial charge in [-0.25, -0.2) is 0 Å².